The molecule has 2 aromatic rings. The maximum Gasteiger partial charge on any atom is 0.315 e. The van der Waals surface area contributed by atoms with Gasteiger partial charge in [0.05, 0.1) is 0 Å². The molecule has 3 amide bonds. The first kappa shape index (κ1) is 17.0. The lowest BCUT2D eigenvalue weighted by Gasteiger charge is -2.15. The third-order valence-corrected chi connectivity index (χ3v) is 4.24. The number of hydrogen-bond acceptors (Lipinski definition) is 2. The van der Waals surface area contributed by atoms with Crippen LogP contribution in [0.3, 0.4) is 0 Å². The molecule has 0 atom stereocenters. The Kier molecular flexibility index (Phi) is 4.97. The first-order valence-corrected chi connectivity index (χ1v) is 8.19. The Labute approximate surface area is 145 Å². The van der Waals surface area contributed by atoms with Gasteiger partial charge in [-0.3, -0.25) is 4.79 Å². The molecular formula is C19H20FN3O2. The van der Waals surface area contributed by atoms with E-state index in [2.05, 4.69) is 10.6 Å². The van der Waals surface area contributed by atoms with Crippen molar-refractivity contribution in [3.05, 3.63) is 65.0 Å². The molecule has 130 valence electrons. The molecule has 0 spiro atoms. The van der Waals surface area contributed by atoms with E-state index in [1.54, 1.807) is 24.0 Å². The summed E-state index contributed by atoms with van der Waals surface area (Å²) in [6, 6.07) is 11.6. The maximum atomic E-state index is 12.8. The average molecular weight is 341 g/mol. The zero-order valence-corrected chi connectivity index (χ0v) is 14.0. The Hall–Kier alpha value is -2.89. The van der Waals surface area contributed by atoms with Gasteiger partial charge in [0.15, 0.2) is 0 Å². The molecule has 0 aromatic heterocycles. The number of benzene rings is 2. The fraction of sp³-hybridized carbons (Fsp3) is 0.263. The summed E-state index contributed by atoms with van der Waals surface area (Å²) >= 11 is 0. The van der Waals surface area contributed by atoms with Gasteiger partial charge in [0, 0.05) is 32.2 Å². The summed E-state index contributed by atoms with van der Waals surface area (Å²) < 4.78 is 12.8. The van der Waals surface area contributed by atoms with Crippen molar-refractivity contribution in [2.24, 2.45) is 0 Å². The van der Waals surface area contributed by atoms with Crippen LogP contribution in [0.5, 0.6) is 0 Å². The number of hydrogen-bond donors (Lipinski definition) is 2. The van der Waals surface area contributed by atoms with Gasteiger partial charge in [-0.2, -0.15) is 0 Å². The highest BCUT2D eigenvalue weighted by Crippen LogP contribution is 2.28. The average Bonchev–Trinajstić information content (AvgIpc) is 3.03. The van der Waals surface area contributed by atoms with E-state index < -0.39 is 0 Å². The van der Waals surface area contributed by atoms with E-state index in [1.807, 2.05) is 18.2 Å². The van der Waals surface area contributed by atoms with Crippen LogP contribution in [0.15, 0.2) is 42.5 Å². The number of fused-ring (bicyclic) bond motifs is 1. The molecule has 3 rings (SSSR count). The zero-order valence-electron chi connectivity index (χ0n) is 14.0. The number of nitrogens with one attached hydrogen (secondary N) is 2. The van der Waals surface area contributed by atoms with Crippen molar-refractivity contribution < 1.29 is 14.0 Å². The van der Waals surface area contributed by atoms with Crippen LogP contribution in [0.2, 0.25) is 0 Å². The molecule has 1 aliphatic rings. The summed E-state index contributed by atoms with van der Waals surface area (Å²) in [7, 11) is 0. The first-order valence-electron chi connectivity index (χ1n) is 8.19. The molecule has 0 bridgehead atoms. The van der Waals surface area contributed by atoms with E-state index in [9.17, 15) is 14.0 Å². The fourth-order valence-electron chi connectivity index (χ4n) is 2.92. The Bertz CT molecular complexity index is 790. The Morgan fingerprint density at radius 1 is 1.04 bits per heavy atom. The first-order chi connectivity index (χ1) is 12.0. The van der Waals surface area contributed by atoms with Gasteiger partial charge in [0.1, 0.15) is 5.82 Å². The van der Waals surface area contributed by atoms with E-state index in [0.29, 0.717) is 19.6 Å². The molecule has 2 N–H and O–H groups in total. The summed E-state index contributed by atoms with van der Waals surface area (Å²) in [5.74, 6) is -0.252. The molecule has 5 nitrogen and oxygen atoms in total. The molecule has 6 heteroatoms. The van der Waals surface area contributed by atoms with Gasteiger partial charge >= 0.3 is 6.03 Å². The Morgan fingerprint density at radius 2 is 1.68 bits per heavy atom. The number of halogens is 1. The van der Waals surface area contributed by atoms with Crippen LogP contribution in [0.1, 0.15) is 23.6 Å². The largest absolute Gasteiger partial charge is 0.334 e. The van der Waals surface area contributed by atoms with Gasteiger partial charge in [-0.15, -0.1) is 0 Å². The smallest absolute Gasteiger partial charge is 0.315 e. The van der Waals surface area contributed by atoms with E-state index in [4.69, 9.17) is 0 Å². The lowest BCUT2D eigenvalue weighted by atomic mass is 10.1. The monoisotopic (exact) mass is 341 g/mol. The normalized spacial score (nSPS) is 12.6. The van der Waals surface area contributed by atoms with Crippen LogP contribution in [-0.2, 0) is 24.3 Å². The number of anilines is 1. The van der Waals surface area contributed by atoms with E-state index >= 15 is 0 Å². The standard InChI is InChI=1S/C19H20FN3O2/c1-13(24)23-9-8-16-10-15(4-7-18(16)23)12-22-19(25)21-11-14-2-5-17(20)6-3-14/h2-7,10H,8-9,11-12H2,1H3,(H2,21,22,25). The second-order valence-electron chi connectivity index (χ2n) is 6.05. The molecule has 1 aliphatic heterocycles. The van der Waals surface area contributed by atoms with E-state index in [1.165, 1.54) is 12.1 Å². The number of carbonyl (C=O) groups is 2. The lowest BCUT2D eigenvalue weighted by molar-refractivity contribution is -0.116. The van der Waals surface area contributed by atoms with Crippen LogP contribution in [0.4, 0.5) is 14.9 Å². The van der Waals surface area contributed by atoms with Crippen molar-refractivity contribution in [1.82, 2.24) is 10.6 Å². The molecule has 0 fully saturated rings. The van der Waals surface area contributed by atoms with Crippen LogP contribution in [-0.4, -0.2) is 18.5 Å². The van der Waals surface area contributed by atoms with E-state index in [0.717, 1.165) is 28.8 Å². The summed E-state index contributed by atoms with van der Waals surface area (Å²) in [5.41, 5.74) is 3.90. The third kappa shape index (κ3) is 4.15. The highest BCUT2D eigenvalue weighted by atomic mass is 19.1. The highest BCUT2D eigenvalue weighted by Gasteiger charge is 2.21. The molecule has 2 aromatic carbocycles. The van der Waals surface area contributed by atoms with Gasteiger partial charge in [0.25, 0.3) is 0 Å². The molecular weight excluding hydrogens is 321 g/mol. The number of urea groups is 1. The second kappa shape index (κ2) is 7.34. The van der Waals surface area contributed by atoms with Crippen LogP contribution >= 0.6 is 0 Å². The summed E-state index contributed by atoms with van der Waals surface area (Å²) in [4.78, 5) is 25.2. The molecule has 1 heterocycles. The van der Waals surface area contributed by atoms with Crippen molar-refractivity contribution in [1.29, 1.82) is 0 Å². The number of carbonyl (C=O) groups excluding carboxylic acids is 2. The number of nitrogens with zero attached hydrogens (tertiary/aromatic N) is 1. The van der Waals surface area contributed by atoms with Gasteiger partial charge in [-0.1, -0.05) is 24.3 Å². The molecule has 0 aliphatic carbocycles. The predicted molar refractivity (Wildman–Crippen MR) is 93.6 cm³/mol. The van der Waals surface area contributed by atoms with Gasteiger partial charge in [-0.25, -0.2) is 9.18 Å². The SMILES string of the molecule is CC(=O)N1CCc2cc(CNC(=O)NCc3ccc(F)cc3)ccc21. The van der Waals surface area contributed by atoms with Crippen molar-refractivity contribution in [3.8, 4) is 0 Å². The summed E-state index contributed by atoms with van der Waals surface area (Å²) in [6.45, 7) is 3.02. The van der Waals surface area contributed by atoms with E-state index in [-0.39, 0.29) is 17.8 Å². The highest BCUT2D eigenvalue weighted by molar-refractivity contribution is 5.93. The zero-order chi connectivity index (χ0) is 17.8. The van der Waals surface area contributed by atoms with Gasteiger partial charge < -0.3 is 15.5 Å². The van der Waals surface area contributed by atoms with Gasteiger partial charge in [0.2, 0.25) is 5.91 Å². The van der Waals surface area contributed by atoms with Gasteiger partial charge in [-0.05, 0) is 41.3 Å². The molecule has 0 saturated carbocycles. The molecule has 25 heavy (non-hydrogen) atoms. The summed E-state index contributed by atoms with van der Waals surface area (Å²) in [6.07, 6.45) is 0.833. The fourth-order valence-corrected chi connectivity index (χ4v) is 2.92. The van der Waals surface area contributed by atoms with Crippen molar-refractivity contribution >= 4 is 17.6 Å². The molecule has 0 radical (unpaired) electrons. The molecule has 0 unspecified atom stereocenters. The third-order valence-electron chi connectivity index (χ3n) is 4.24. The van der Waals surface area contributed by atoms with Crippen molar-refractivity contribution in [2.45, 2.75) is 26.4 Å². The minimum atomic E-state index is -0.298. The predicted octanol–water partition coefficient (Wildman–Crippen LogP) is 2.73. The molecule has 0 saturated heterocycles. The lowest BCUT2D eigenvalue weighted by Crippen LogP contribution is -2.34. The van der Waals surface area contributed by atoms with Crippen LogP contribution < -0.4 is 15.5 Å². The van der Waals surface area contributed by atoms with Crippen molar-refractivity contribution in [3.63, 3.8) is 0 Å². The number of rotatable bonds is 4. The quantitative estimate of drug-likeness (QED) is 0.898. The maximum absolute atomic E-state index is 12.8. The number of amides is 3. The second-order valence-corrected chi connectivity index (χ2v) is 6.05. The summed E-state index contributed by atoms with van der Waals surface area (Å²) in [5, 5.41) is 5.54. The Balaban J connectivity index is 1.51. The minimum absolute atomic E-state index is 0.0461. The Morgan fingerprint density at radius 3 is 2.36 bits per heavy atom. The van der Waals surface area contributed by atoms with Crippen molar-refractivity contribution in [2.75, 3.05) is 11.4 Å². The van der Waals surface area contributed by atoms with Crippen LogP contribution in [0.25, 0.3) is 0 Å². The topological polar surface area (TPSA) is 61.4 Å². The minimum Gasteiger partial charge on any atom is -0.334 e. The van der Waals surface area contributed by atoms with Crippen LogP contribution in [0, 0.1) is 5.82 Å².